The maximum atomic E-state index is 13.1. The second kappa shape index (κ2) is 5.70. The molecule has 0 aliphatic heterocycles. The minimum atomic E-state index is -4.55. The summed E-state index contributed by atoms with van der Waals surface area (Å²) in [4.78, 5) is 12.3. The van der Waals surface area contributed by atoms with Crippen LogP contribution in [0.3, 0.4) is 0 Å². The van der Waals surface area contributed by atoms with Crippen molar-refractivity contribution in [3.8, 4) is 11.5 Å². The Balaban J connectivity index is 2.00. The number of allylic oxidation sites excluding steroid dienone is 1. The summed E-state index contributed by atoms with van der Waals surface area (Å²) in [6.07, 6.45) is -2.84. The molecule has 0 saturated carbocycles. The first-order chi connectivity index (χ1) is 11.3. The van der Waals surface area contributed by atoms with Crippen LogP contribution in [0.4, 0.5) is 13.2 Å². The second-order valence-corrected chi connectivity index (χ2v) is 5.47. The van der Waals surface area contributed by atoms with E-state index < -0.39 is 11.7 Å². The minimum Gasteiger partial charge on any atom is -0.508 e. The Labute approximate surface area is 136 Å². The zero-order valence-electron chi connectivity index (χ0n) is 12.6. The topological polar surface area (TPSA) is 46.5 Å². The molecule has 3 rings (SSSR count). The number of hydrogen-bond acceptors (Lipinski definition) is 3. The molecule has 0 unspecified atom stereocenters. The van der Waals surface area contributed by atoms with E-state index in [4.69, 9.17) is 4.74 Å². The fourth-order valence-corrected chi connectivity index (χ4v) is 2.76. The number of ketones is 1. The molecule has 0 spiro atoms. The molecule has 0 fully saturated rings. The van der Waals surface area contributed by atoms with E-state index in [0.29, 0.717) is 16.7 Å². The van der Waals surface area contributed by atoms with Gasteiger partial charge in [0.05, 0.1) is 12.7 Å². The first-order valence-corrected chi connectivity index (χ1v) is 7.12. The monoisotopic (exact) mass is 334 g/mol. The third-order valence-corrected chi connectivity index (χ3v) is 3.88. The van der Waals surface area contributed by atoms with Crippen LogP contribution in [0, 0.1) is 0 Å². The molecule has 0 saturated heterocycles. The van der Waals surface area contributed by atoms with Crippen LogP contribution in [-0.4, -0.2) is 18.0 Å². The number of phenols is 1. The number of alkyl halides is 3. The number of phenolic OH excluding ortho intramolecular Hbond substituents is 1. The molecule has 124 valence electrons. The maximum Gasteiger partial charge on any atom is 0.419 e. The average Bonchev–Trinajstić information content (AvgIpc) is 2.82. The lowest BCUT2D eigenvalue weighted by Gasteiger charge is -2.12. The van der Waals surface area contributed by atoms with E-state index in [9.17, 15) is 23.1 Å². The van der Waals surface area contributed by atoms with Gasteiger partial charge in [0.15, 0.2) is 5.78 Å². The summed E-state index contributed by atoms with van der Waals surface area (Å²) in [5.41, 5.74) is 0.886. The molecule has 1 aliphatic carbocycles. The number of carbonyl (C=O) groups excluding carboxylic acids is 1. The molecule has 0 aromatic heterocycles. The normalized spacial score (nSPS) is 15.7. The first-order valence-electron chi connectivity index (χ1n) is 7.12. The number of methoxy groups -OCH3 is 1. The Bertz CT molecular complexity index is 851. The Morgan fingerprint density at radius 3 is 2.58 bits per heavy atom. The smallest absolute Gasteiger partial charge is 0.419 e. The lowest BCUT2D eigenvalue weighted by atomic mass is 10.0. The predicted octanol–water partition coefficient (Wildman–Crippen LogP) is 4.24. The number of hydrogen-bond donors (Lipinski definition) is 1. The van der Waals surface area contributed by atoms with Gasteiger partial charge >= 0.3 is 6.18 Å². The molecular formula is C18H13F3O3. The fraction of sp³-hybridized carbons (Fsp3) is 0.167. The Hall–Kier alpha value is -2.76. The highest BCUT2D eigenvalue weighted by molar-refractivity contribution is 6.15. The maximum absolute atomic E-state index is 13.1. The summed E-state index contributed by atoms with van der Waals surface area (Å²) in [5.74, 6) is -0.461. The third-order valence-electron chi connectivity index (χ3n) is 3.88. The van der Waals surface area contributed by atoms with E-state index >= 15 is 0 Å². The van der Waals surface area contributed by atoms with E-state index in [1.54, 1.807) is 0 Å². The molecule has 1 N–H and O–H groups in total. The quantitative estimate of drug-likeness (QED) is 0.836. The van der Waals surface area contributed by atoms with Gasteiger partial charge in [0.2, 0.25) is 0 Å². The molecule has 3 nitrogen and oxygen atoms in total. The Kier molecular flexibility index (Phi) is 3.83. The number of aromatic hydroxyl groups is 1. The zero-order chi connectivity index (χ0) is 17.5. The van der Waals surface area contributed by atoms with Crippen molar-refractivity contribution in [2.24, 2.45) is 0 Å². The molecule has 0 bridgehead atoms. The van der Waals surface area contributed by atoms with Crippen molar-refractivity contribution in [2.45, 2.75) is 12.6 Å². The van der Waals surface area contributed by atoms with Gasteiger partial charge in [-0.05, 0) is 47.5 Å². The van der Waals surface area contributed by atoms with Gasteiger partial charge in [-0.3, -0.25) is 4.79 Å². The van der Waals surface area contributed by atoms with Gasteiger partial charge < -0.3 is 9.84 Å². The summed E-state index contributed by atoms with van der Waals surface area (Å²) in [7, 11) is 1.17. The highest BCUT2D eigenvalue weighted by atomic mass is 19.4. The minimum absolute atomic E-state index is 0.0478. The van der Waals surface area contributed by atoms with E-state index in [1.807, 2.05) is 0 Å². The molecule has 0 amide bonds. The molecule has 24 heavy (non-hydrogen) atoms. The van der Waals surface area contributed by atoms with Crippen molar-refractivity contribution in [2.75, 3.05) is 7.11 Å². The molecular weight excluding hydrogens is 321 g/mol. The van der Waals surface area contributed by atoms with Crippen molar-refractivity contribution >= 4 is 11.9 Å². The summed E-state index contributed by atoms with van der Waals surface area (Å²) in [6, 6.07) is 8.07. The summed E-state index contributed by atoms with van der Waals surface area (Å²) in [6.45, 7) is 0. The number of carbonyl (C=O) groups is 1. The lowest BCUT2D eigenvalue weighted by molar-refractivity contribution is -0.138. The number of rotatable bonds is 2. The second-order valence-electron chi connectivity index (χ2n) is 5.47. The summed E-state index contributed by atoms with van der Waals surface area (Å²) < 4.78 is 44.0. The van der Waals surface area contributed by atoms with Gasteiger partial charge in [0, 0.05) is 17.6 Å². The van der Waals surface area contributed by atoms with Crippen LogP contribution in [0.5, 0.6) is 11.5 Å². The van der Waals surface area contributed by atoms with Crippen molar-refractivity contribution in [1.29, 1.82) is 0 Å². The average molecular weight is 334 g/mol. The van der Waals surface area contributed by atoms with E-state index in [-0.39, 0.29) is 29.3 Å². The Morgan fingerprint density at radius 2 is 1.92 bits per heavy atom. The van der Waals surface area contributed by atoms with Crippen LogP contribution in [0.25, 0.3) is 6.08 Å². The van der Waals surface area contributed by atoms with Crippen LogP contribution in [-0.2, 0) is 12.6 Å². The van der Waals surface area contributed by atoms with E-state index in [2.05, 4.69) is 0 Å². The van der Waals surface area contributed by atoms with Gasteiger partial charge in [-0.15, -0.1) is 0 Å². The van der Waals surface area contributed by atoms with E-state index in [1.165, 1.54) is 43.5 Å². The number of benzene rings is 2. The van der Waals surface area contributed by atoms with Gasteiger partial charge in [-0.25, -0.2) is 0 Å². The molecule has 2 aromatic carbocycles. The highest BCUT2D eigenvalue weighted by Crippen LogP contribution is 2.37. The van der Waals surface area contributed by atoms with Crippen LogP contribution in [0.2, 0.25) is 0 Å². The van der Waals surface area contributed by atoms with Gasteiger partial charge in [0.1, 0.15) is 11.5 Å². The van der Waals surface area contributed by atoms with Gasteiger partial charge in [-0.1, -0.05) is 6.07 Å². The fourth-order valence-electron chi connectivity index (χ4n) is 2.76. The summed E-state index contributed by atoms with van der Waals surface area (Å²) >= 11 is 0. The molecule has 0 atom stereocenters. The predicted molar refractivity (Wildman–Crippen MR) is 82.1 cm³/mol. The van der Waals surface area contributed by atoms with Crippen molar-refractivity contribution in [3.63, 3.8) is 0 Å². The zero-order valence-corrected chi connectivity index (χ0v) is 12.6. The van der Waals surface area contributed by atoms with Crippen molar-refractivity contribution < 1.29 is 27.8 Å². The largest absolute Gasteiger partial charge is 0.508 e. The van der Waals surface area contributed by atoms with Gasteiger partial charge in [-0.2, -0.15) is 13.2 Å². The standard InChI is InChI=1S/C18H13F3O3/c1-24-16-5-2-10(7-15(16)18(19,20)21)6-12-8-11-9-13(22)3-4-14(11)17(12)23/h2-7,9,22H,8H2,1H3. The third kappa shape index (κ3) is 2.87. The summed E-state index contributed by atoms with van der Waals surface area (Å²) in [5, 5.41) is 9.47. The van der Waals surface area contributed by atoms with Crippen molar-refractivity contribution in [1.82, 2.24) is 0 Å². The van der Waals surface area contributed by atoms with Gasteiger partial charge in [0.25, 0.3) is 0 Å². The van der Waals surface area contributed by atoms with Crippen LogP contribution < -0.4 is 4.74 Å². The van der Waals surface area contributed by atoms with Crippen LogP contribution >= 0.6 is 0 Å². The van der Waals surface area contributed by atoms with Crippen molar-refractivity contribution in [3.05, 3.63) is 64.2 Å². The first kappa shape index (κ1) is 16.1. The van der Waals surface area contributed by atoms with Crippen LogP contribution in [0.1, 0.15) is 27.0 Å². The number of ether oxygens (including phenoxy) is 1. The highest BCUT2D eigenvalue weighted by Gasteiger charge is 2.34. The SMILES string of the molecule is COc1ccc(C=C2Cc3cc(O)ccc3C2=O)cc1C(F)(F)F. The van der Waals surface area contributed by atoms with Crippen LogP contribution in [0.15, 0.2) is 42.0 Å². The number of Topliss-reactive ketones (excluding diaryl/α,β-unsaturated/α-hetero) is 1. The van der Waals surface area contributed by atoms with E-state index in [0.717, 1.165) is 6.07 Å². The number of fused-ring (bicyclic) bond motifs is 1. The molecule has 0 radical (unpaired) electrons. The lowest BCUT2D eigenvalue weighted by Crippen LogP contribution is -2.07. The number of halogens is 3. The molecule has 1 aliphatic rings. The Morgan fingerprint density at radius 1 is 1.17 bits per heavy atom. The molecule has 0 heterocycles. The molecule has 6 heteroatoms. The molecule has 2 aromatic rings.